The standard InChI is InChI=1S/C11H11F3N4O3/c12-11(13,14)7-21-3-1-2-16-10-8(5-15)4-9(6-17-10)18(19)20/h4,6H,1-3,7H2,(H,16,17). The van der Waals surface area contributed by atoms with Gasteiger partial charge in [-0.05, 0) is 6.42 Å². The first-order valence-corrected chi connectivity index (χ1v) is 5.76. The Bertz CT molecular complexity index is 542. The minimum Gasteiger partial charge on any atom is -0.372 e. The van der Waals surface area contributed by atoms with Gasteiger partial charge in [0, 0.05) is 19.2 Å². The first-order chi connectivity index (χ1) is 9.83. The van der Waals surface area contributed by atoms with Gasteiger partial charge in [-0.2, -0.15) is 18.4 Å². The van der Waals surface area contributed by atoms with Gasteiger partial charge < -0.3 is 10.1 Å². The summed E-state index contributed by atoms with van der Waals surface area (Å²) in [5.74, 6) is 0.138. The number of hydrogen-bond donors (Lipinski definition) is 1. The zero-order chi connectivity index (χ0) is 15.9. The molecule has 0 fully saturated rings. The number of halogens is 3. The van der Waals surface area contributed by atoms with E-state index in [4.69, 9.17) is 5.26 Å². The van der Waals surface area contributed by atoms with Crippen LogP contribution in [0.25, 0.3) is 0 Å². The predicted molar refractivity (Wildman–Crippen MR) is 65.6 cm³/mol. The molecular weight excluding hydrogens is 293 g/mol. The van der Waals surface area contributed by atoms with Crippen LogP contribution in [0.5, 0.6) is 0 Å². The van der Waals surface area contributed by atoms with Crippen LogP contribution >= 0.6 is 0 Å². The number of alkyl halides is 3. The van der Waals surface area contributed by atoms with E-state index in [9.17, 15) is 23.3 Å². The van der Waals surface area contributed by atoms with Crippen molar-refractivity contribution in [2.75, 3.05) is 25.1 Å². The SMILES string of the molecule is N#Cc1cc([N+](=O)[O-])cnc1NCCCOCC(F)(F)F. The molecule has 7 nitrogen and oxygen atoms in total. The molecule has 0 amide bonds. The van der Waals surface area contributed by atoms with Crippen LogP contribution in [-0.4, -0.2) is 35.8 Å². The number of nitrogens with zero attached hydrogens (tertiary/aromatic N) is 3. The Kier molecular flexibility index (Phi) is 5.86. The van der Waals surface area contributed by atoms with Crippen LogP contribution in [0.2, 0.25) is 0 Å². The molecule has 0 spiro atoms. The van der Waals surface area contributed by atoms with Gasteiger partial charge in [0.25, 0.3) is 5.69 Å². The molecule has 0 atom stereocenters. The predicted octanol–water partition coefficient (Wildman–Crippen LogP) is 2.24. The number of rotatable bonds is 7. The summed E-state index contributed by atoms with van der Waals surface area (Å²) >= 11 is 0. The molecule has 0 aliphatic heterocycles. The molecule has 10 heteroatoms. The fraction of sp³-hybridized carbons (Fsp3) is 0.455. The van der Waals surface area contributed by atoms with E-state index in [1.165, 1.54) is 0 Å². The summed E-state index contributed by atoms with van der Waals surface area (Å²) in [5.41, 5.74) is -0.328. The number of pyridine rings is 1. The highest BCUT2D eigenvalue weighted by Crippen LogP contribution is 2.18. The van der Waals surface area contributed by atoms with E-state index in [-0.39, 0.29) is 36.6 Å². The van der Waals surface area contributed by atoms with E-state index >= 15 is 0 Å². The second-order valence-electron chi connectivity index (χ2n) is 3.91. The molecule has 114 valence electrons. The van der Waals surface area contributed by atoms with Crippen LogP contribution in [0, 0.1) is 21.4 Å². The molecular formula is C11H11F3N4O3. The molecule has 1 rings (SSSR count). The van der Waals surface area contributed by atoms with Crippen LogP contribution in [0.3, 0.4) is 0 Å². The summed E-state index contributed by atoms with van der Waals surface area (Å²) < 4.78 is 39.8. The average Bonchev–Trinajstić information content (AvgIpc) is 2.41. The maximum atomic E-state index is 11.8. The van der Waals surface area contributed by atoms with Gasteiger partial charge in [-0.25, -0.2) is 4.98 Å². The van der Waals surface area contributed by atoms with Crippen molar-refractivity contribution in [3.8, 4) is 6.07 Å². The largest absolute Gasteiger partial charge is 0.411 e. The Balaban J connectivity index is 2.42. The second kappa shape index (κ2) is 7.39. The minimum absolute atomic E-state index is 0.0135. The van der Waals surface area contributed by atoms with Crippen molar-refractivity contribution >= 4 is 11.5 Å². The van der Waals surface area contributed by atoms with Crippen molar-refractivity contribution in [2.24, 2.45) is 0 Å². The van der Waals surface area contributed by atoms with Crippen molar-refractivity contribution in [2.45, 2.75) is 12.6 Å². The van der Waals surface area contributed by atoms with Gasteiger partial charge in [-0.15, -0.1) is 0 Å². The highest BCUT2D eigenvalue weighted by atomic mass is 19.4. The molecule has 0 aliphatic carbocycles. The van der Waals surface area contributed by atoms with Gasteiger partial charge in [0.2, 0.25) is 0 Å². The lowest BCUT2D eigenvalue weighted by Crippen LogP contribution is -2.18. The van der Waals surface area contributed by atoms with Crippen molar-refractivity contribution in [1.82, 2.24) is 4.98 Å². The first-order valence-electron chi connectivity index (χ1n) is 5.76. The lowest BCUT2D eigenvalue weighted by molar-refractivity contribution is -0.385. The van der Waals surface area contributed by atoms with Crippen molar-refractivity contribution in [3.05, 3.63) is 27.9 Å². The molecule has 0 saturated heterocycles. The van der Waals surface area contributed by atoms with Crippen LogP contribution in [0.4, 0.5) is 24.7 Å². The van der Waals surface area contributed by atoms with E-state index in [1.807, 2.05) is 0 Å². The van der Waals surface area contributed by atoms with Crippen molar-refractivity contribution < 1.29 is 22.8 Å². The molecule has 0 aromatic carbocycles. The van der Waals surface area contributed by atoms with Gasteiger partial charge in [-0.3, -0.25) is 10.1 Å². The van der Waals surface area contributed by atoms with Crippen molar-refractivity contribution in [3.63, 3.8) is 0 Å². The summed E-state index contributed by atoms with van der Waals surface area (Å²) in [6.45, 7) is -1.20. The molecule has 0 saturated carbocycles. The average molecular weight is 304 g/mol. The third-order valence-electron chi connectivity index (χ3n) is 2.23. The fourth-order valence-corrected chi connectivity index (χ4v) is 1.35. The Morgan fingerprint density at radius 2 is 2.24 bits per heavy atom. The van der Waals surface area contributed by atoms with E-state index < -0.39 is 17.7 Å². The van der Waals surface area contributed by atoms with Crippen LogP contribution in [-0.2, 0) is 4.74 Å². The highest BCUT2D eigenvalue weighted by molar-refractivity contribution is 5.55. The Hall–Kier alpha value is -2.41. The number of anilines is 1. The molecule has 0 aliphatic rings. The first kappa shape index (κ1) is 16.6. The summed E-state index contributed by atoms with van der Waals surface area (Å²) in [5, 5.41) is 22.1. The van der Waals surface area contributed by atoms with E-state index in [2.05, 4.69) is 15.0 Å². The lowest BCUT2D eigenvalue weighted by Gasteiger charge is -2.09. The quantitative estimate of drug-likeness (QED) is 0.471. The van der Waals surface area contributed by atoms with E-state index in [1.54, 1.807) is 6.07 Å². The molecule has 0 radical (unpaired) electrons. The van der Waals surface area contributed by atoms with Gasteiger partial charge in [-0.1, -0.05) is 0 Å². The summed E-state index contributed by atoms with van der Waals surface area (Å²) in [4.78, 5) is 13.6. The van der Waals surface area contributed by atoms with Crippen LogP contribution in [0.1, 0.15) is 12.0 Å². The number of nitro groups is 1. The third kappa shape index (κ3) is 6.05. The number of hydrogen-bond acceptors (Lipinski definition) is 6. The molecule has 1 aromatic heterocycles. The monoisotopic (exact) mass is 304 g/mol. The smallest absolute Gasteiger partial charge is 0.372 e. The van der Waals surface area contributed by atoms with Gasteiger partial charge in [0.15, 0.2) is 0 Å². The maximum Gasteiger partial charge on any atom is 0.411 e. The number of aromatic nitrogens is 1. The van der Waals surface area contributed by atoms with Crippen molar-refractivity contribution in [1.29, 1.82) is 5.26 Å². The minimum atomic E-state index is -4.36. The van der Waals surface area contributed by atoms with Gasteiger partial charge in [0.05, 0.1) is 4.92 Å². The number of nitrogens with one attached hydrogen (secondary N) is 1. The molecule has 21 heavy (non-hydrogen) atoms. The molecule has 0 unspecified atom stereocenters. The molecule has 0 bridgehead atoms. The zero-order valence-electron chi connectivity index (χ0n) is 10.7. The topological polar surface area (TPSA) is 101 Å². The van der Waals surface area contributed by atoms with Crippen LogP contribution < -0.4 is 5.32 Å². The summed E-state index contributed by atoms with van der Waals surface area (Å²) in [6.07, 6.45) is -3.11. The Morgan fingerprint density at radius 3 is 2.81 bits per heavy atom. The molecule has 1 N–H and O–H groups in total. The number of nitriles is 1. The molecule has 1 heterocycles. The van der Waals surface area contributed by atoms with Gasteiger partial charge in [0.1, 0.15) is 30.3 Å². The maximum absolute atomic E-state index is 11.8. The Morgan fingerprint density at radius 1 is 1.52 bits per heavy atom. The van der Waals surface area contributed by atoms with E-state index in [0.717, 1.165) is 12.3 Å². The van der Waals surface area contributed by atoms with E-state index in [0.29, 0.717) is 0 Å². The second-order valence-corrected chi connectivity index (χ2v) is 3.91. The highest BCUT2D eigenvalue weighted by Gasteiger charge is 2.27. The summed E-state index contributed by atoms with van der Waals surface area (Å²) in [6, 6.07) is 2.82. The normalized spacial score (nSPS) is 11.0. The molecule has 1 aromatic rings. The zero-order valence-corrected chi connectivity index (χ0v) is 10.7. The lowest BCUT2D eigenvalue weighted by atomic mass is 10.2. The number of ether oxygens (including phenoxy) is 1. The van der Waals surface area contributed by atoms with Gasteiger partial charge >= 0.3 is 6.18 Å². The Labute approximate surface area is 117 Å². The third-order valence-corrected chi connectivity index (χ3v) is 2.23. The van der Waals surface area contributed by atoms with Crippen LogP contribution in [0.15, 0.2) is 12.3 Å². The summed E-state index contributed by atoms with van der Waals surface area (Å²) in [7, 11) is 0. The fourth-order valence-electron chi connectivity index (χ4n) is 1.35.